The van der Waals surface area contributed by atoms with Gasteiger partial charge in [-0.25, -0.2) is 0 Å². The first kappa shape index (κ1) is 16.0. The number of carbonyl (C=O) groups excluding carboxylic acids is 1. The monoisotopic (exact) mass is 292 g/mol. The lowest BCUT2D eigenvalue weighted by molar-refractivity contribution is -0.157. The van der Waals surface area contributed by atoms with Gasteiger partial charge in [0.2, 0.25) is 0 Å². The second kappa shape index (κ2) is 7.57. The minimum absolute atomic E-state index is 0.198. The zero-order valence-corrected chi connectivity index (χ0v) is 12.9. The number of methoxy groups -OCH3 is 1. The minimum atomic E-state index is -0.626. The smallest absolute Gasteiger partial charge is 0.165 e. The molecule has 0 spiro atoms. The molecule has 0 unspecified atom stereocenters. The van der Waals surface area contributed by atoms with E-state index < -0.39 is 5.60 Å². The predicted molar refractivity (Wildman–Crippen MR) is 80.7 cm³/mol. The molecule has 1 aliphatic rings. The zero-order valence-electron chi connectivity index (χ0n) is 12.9. The van der Waals surface area contributed by atoms with Crippen molar-refractivity contribution in [2.75, 3.05) is 26.9 Å². The van der Waals surface area contributed by atoms with Crippen LogP contribution in [0.2, 0.25) is 0 Å². The van der Waals surface area contributed by atoms with Crippen molar-refractivity contribution < 1.29 is 19.0 Å². The zero-order chi connectivity index (χ0) is 15.1. The highest BCUT2D eigenvalue weighted by molar-refractivity contribution is 5.87. The van der Waals surface area contributed by atoms with Crippen LogP contribution in [0.1, 0.15) is 31.7 Å². The summed E-state index contributed by atoms with van der Waals surface area (Å²) in [6, 6.07) is 7.85. The van der Waals surface area contributed by atoms with Gasteiger partial charge in [-0.05, 0) is 31.0 Å². The molecule has 4 nitrogen and oxygen atoms in total. The number of rotatable bonds is 7. The quantitative estimate of drug-likeness (QED) is 0.775. The molecule has 21 heavy (non-hydrogen) atoms. The van der Waals surface area contributed by atoms with E-state index in [2.05, 4.69) is 0 Å². The van der Waals surface area contributed by atoms with Crippen LogP contribution in [0.15, 0.2) is 24.3 Å². The molecular formula is C17H24O4. The normalized spacial score (nSPS) is 17.4. The van der Waals surface area contributed by atoms with Gasteiger partial charge in [0.25, 0.3) is 0 Å². The maximum atomic E-state index is 12.6. The highest BCUT2D eigenvalue weighted by atomic mass is 16.5. The Labute approximate surface area is 126 Å². The number of hydrogen-bond donors (Lipinski definition) is 0. The summed E-state index contributed by atoms with van der Waals surface area (Å²) in [4.78, 5) is 12.6. The molecule has 0 amide bonds. The van der Waals surface area contributed by atoms with Gasteiger partial charge >= 0.3 is 0 Å². The Morgan fingerprint density at radius 3 is 2.48 bits per heavy atom. The molecule has 0 aromatic heterocycles. The van der Waals surface area contributed by atoms with Crippen LogP contribution in [0.4, 0.5) is 0 Å². The van der Waals surface area contributed by atoms with Gasteiger partial charge in [-0.3, -0.25) is 4.79 Å². The van der Waals surface area contributed by atoms with Crippen molar-refractivity contribution in [3.63, 3.8) is 0 Å². The summed E-state index contributed by atoms with van der Waals surface area (Å²) in [5, 5.41) is 0. The topological polar surface area (TPSA) is 44.8 Å². The summed E-state index contributed by atoms with van der Waals surface area (Å²) in [6.07, 6.45) is 2.58. The highest BCUT2D eigenvalue weighted by Gasteiger charge is 2.39. The highest BCUT2D eigenvalue weighted by Crippen LogP contribution is 2.28. The molecule has 4 heteroatoms. The largest absolute Gasteiger partial charge is 0.497 e. The maximum Gasteiger partial charge on any atom is 0.165 e. The van der Waals surface area contributed by atoms with E-state index in [1.54, 1.807) is 7.11 Å². The number of benzene rings is 1. The maximum absolute atomic E-state index is 12.6. The van der Waals surface area contributed by atoms with Gasteiger partial charge in [-0.2, -0.15) is 0 Å². The van der Waals surface area contributed by atoms with Crippen molar-refractivity contribution >= 4 is 5.78 Å². The Hall–Kier alpha value is -1.39. The first-order chi connectivity index (χ1) is 10.2. The van der Waals surface area contributed by atoms with Crippen LogP contribution >= 0.6 is 0 Å². The molecule has 1 aromatic rings. The molecule has 1 aromatic carbocycles. The van der Waals surface area contributed by atoms with Gasteiger partial charge in [0.1, 0.15) is 11.4 Å². The molecule has 0 atom stereocenters. The van der Waals surface area contributed by atoms with Crippen molar-refractivity contribution in [3.8, 4) is 5.75 Å². The van der Waals surface area contributed by atoms with E-state index in [1.165, 1.54) is 0 Å². The van der Waals surface area contributed by atoms with Gasteiger partial charge in [0.05, 0.1) is 7.11 Å². The lowest BCUT2D eigenvalue weighted by Crippen LogP contribution is -2.46. The third-order valence-corrected chi connectivity index (χ3v) is 4.03. The number of ether oxygens (including phenoxy) is 3. The molecule has 0 saturated carbocycles. The van der Waals surface area contributed by atoms with Crippen LogP contribution in [0, 0.1) is 0 Å². The average Bonchev–Trinajstić information content (AvgIpc) is 2.54. The van der Waals surface area contributed by atoms with Crippen molar-refractivity contribution in [1.82, 2.24) is 0 Å². The SMILES string of the molecule is CCOC1(C(=O)CCc2ccc(OC)cc2)CCOCC1. The second-order valence-corrected chi connectivity index (χ2v) is 5.31. The van der Waals surface area contributed by atoms with E-state index in [0.29, 0.717) is 39.1 Å². The van der Waals surface area contributed by atoms with Gasteiger partial charge in [0, 0.05) is 39.1 Å². The number of ketones is 1. The number of aryl methyl sites for hydroxylation is 1. The minimum Gasteiger partial charge on any atom is -0.497 e. The average molecular weight is 292 g/mol. The number of hydrogen-bond acceptors (Lipinski definition) is 4. The summed E-state index contributed by atoms with van der Waals surface area (Å²) in [6.45, 7) is 3.71. The van der Waals surface area contributed by atoms with Crippen LogP contribution in [-0.2, 0) is 20.7 Å². The van der Waals surface area contributed by atoms with E-state index in [0.717, 1.165) is 17.7 Å². The molecule has 116 valence electrons. The molecule has 1 aliphatic heterocycles. The van der Waals surface area contributed by atoms with Crippen molar-refractivity contribution in [2.45, 2.75) is 38.2 Å². The fraction of sp³-hybridized carbons (Fsp3) is 0.588. The molecular weight excluding hydrogens is 268 g/mol. The van der Waals surface area contributed by atoms with Crippen LogP contribution in [0.3, 0.4) is 0 Å². The van der Waals surface area contributed by atoms with Gasteiger partial charge in [0.15, 0.2) is 5.78 Å². The standard InChI is InChI=1S/C17H24O4/c1-3-21-17(10-12-20-13-11-17)16(18)9-6-14-4-7-15(19-2)8-5-14/h4-5,7-8H,3,6,9-13H2,1-2H3. The molecule has 1 heterocycles. The van der Waals surface area contributed by atoms with Crippen LogP contribution in [0.25, 0.3) is 0 Å². The summed E-state index contributed by atoms with van der Waals surface area (Å²) in [5.74, 6) is 1.03. The van der Waals surface area contributed by atoms with E-state index in [-0.39, 0.29) is 5.78 Å². The van der Waals surface area contributed by atoms with Crippen molar-refractivity contribution in [3.05, 3.63) is 29.8 Å². The molecule has 0 bridgehead atoms. The number of Topliss-reactive ketones (excluding diaryl/α,β-unsaturated/α-hetero) is 1. The lowest BCUT2D eigenvalue weighted by Gasteiger charge is -2.35. The van der Waals surface area contributed by atoms with Crippen molar-refractivity contribution in [2.24, 2.45) is 0 Å². The van der Waals surface area contributed by atoms with E-state index in [1.807, 2.05) is 31.2 Å². The first-order valence-corrected chi connectivity index (χ1v) is 7.58. The second-order valence-electron chi connectivity index (χ2n) is 5.31. The van der Waals surface area contributed by atoms with Crippen LogP contribution in [-0.4, -0.2) is 38.3 Å². The first-order valence-electron chi connectivity index (χ1n) is 7.58. The molecule has 0 N–H and O–H groups in total. The Balaban J connectivity index is 1.94. The fourth-order valence-electron chi connectivity index (χ4n) is 2.76. The van der Waals surface area contributed by atoms with Crippen molar-refractivity contribution in [1.29, 1.82) is 0 Å². The fourth-order valence-corrected chi connectivity index (χ4v) is 2.76. The Morgan fingerprint density at radius 1 is 1.24 bits per heavy atom. The van der Waals surface area contributed by atoms with Gasteiger partial charge in [-0.15, -0.1) is 0 Å². The van der Waals surface area contributed by atoms with E-state index in [9.17, 15) is 4.79 Å². The van der Waals surface area contributed by atoms with Gasteiger partial charge in [-0.1, -0.05) is 12.1 Å². The Morgan fingerprint density at radius 2 is 1.90 bits per heavy atom. The molecule has 0 radical (unpaired) electrons. The van der Waals surface area contributed by atoms with Gasteiger partial charge < -0.3 is 14.2 Å². The number of carbonyl (C=O) groups is 1. The third kappa shape index (κ3) is 4.05. The Kier molecular flexibility index (Phi) is 5.76. The molecule has 1 fully saturated rings. The molecule has 1 saturated heterocycles. The Bertz CT molecular complexity index is 441. The van der Waals surface area contributed by atoms with E-state index >= 15 is 0 Å². The van der Waals surface area contributed by atoms with Crippen LogP contribution < -0.4 is 4.74 Å². The molecule has 0 aliphatic carbocycles. The van der Waals surface area contributed by atoms with E-state index in [4.69, 9.17) is 14.2 Å². The summed E-state index contributed by atoms with van der Waals surface area (Å²) < 4.78 is 16.3. The third-order valence-electron chi connectivity index (χ3n) is 4.03. The summed E-state index contributed by atoms with van der Waals surface area (Å²) in [7, 11) is 1.65. The lowest BCUT2D eigenvalue weighted by atomic mass is 9.86. The summed E-state index contributed by atoms with van der Waals surface area (Å²) >= 11 is 0. The summed E-state index contributed by atoms with van der Waals surface area (Å²) in [5.41, 5.74) is 0.516. The predicted octanol–water partition coefficient (Wildman–Crippen LogP) is 2.78. The van der Waals surface area contributed by atoms with Crippen LogP contribution in [0.5, 0.6) is 5.75 Å². The molecule has 2 rings (SSSR count).